The molecule has 2 heteroatoms. The lowest BCUT2D eigenvalue weighted by Crippen LogP contribution is -2.32. The van der Waals surface area contributed by atoms with Gasteiger partial charge < -0.3 is 10.1 Å². The Bertz CT molecular complexity index is 832. The van der Waals surface area contributed by atoms with E-state index in [-0.39, 0.29) is 11.6 Å². The summed E-state index contributed by atoms with van der Waals surface area (Å²) in [5.41, 5.74) is 7.77. The van der Waals surface area contributed by atoms with Crippen LogP contribution in [0.2, 0.25) is 0 Å². The van der Waals surface area contributed by atoms with Gasteiger partial charge in [0.05, 0.1) is 5.54 Å². The first-order valence-electron chi connectivity index (χ1n) is 8.91. The minimum atomic E-state index is -0.0149. The Hall–Kier alpha value is -2.22. The normalized spacial score (nSPS) is 20.0. The smallest absolute Gasteiger partial charge is 0.128 e. The highest BCUT2D eigenvalue weighted by Crippen LogP contribution is 2.49. The summed E-state index contributed by atoms with van der Waals surface area (Å²) in [6.45, 7) is 8.89. The maximum Gasteiger partial charge on any atom is 0.128 e. The molecule has 0 fully saturated rings. The van der Waals surface area contributed by atoms with Gasteiger partial charge in [0.1, 0.15) is 11.9 Å². The van der Waals surface area contributed by atoms with Gasteiger partial charge >= 0.3 is 0 Å². The third-order valence-corrected chi connectivity index (χ3v) is 4.99. The van der Waals surface area contributed by atoms with Crippen molar-refractivity contribution in [2.45, 2.75) is 52.2 Å². The van der Waals surface area contributed by atoms with Crippen LogP contribution >= 0.6 is 0 Å². The number of para-hydroxylation sites is 1. The maximum atomic E-state index is 6.41. The van der Waals surface area contributed by atoms with Crippen molar-refractivity contribution in [1.29, 1.82) is 0 Å². The Labute approximate surface area is 144 Å². The average molecular weight is 319 g/mol. The number of nitrogens with one attached hydrogen (secondary N) is 1. The number of hydrogen-bond donors (Lipinski definition) is 1. The molecule has 2 aromatic rings. The molecule has 1 N–H and O–H groups in total. The van der Waals surface area contributed by atoms with Crippen LogP contribution in [0.4, 0.5) is 5.69 Å². The number of benzene rings is 2. The van der Waals surface area contributed by atoms with E-state index < -0.39 is 0 Å². The fourth-order valence-electron chi connectivity index (χ4n) is 4.18. The van der Waals surface area contributed by atoms with E-state index in [9.17, 15) is 0 Å². The lowest BCUT2D eigenvalue weighted by atomic mass is 9.81. The first-order valence-corrected chi connectivity index (χ1v) is 8.91. The van der Waals surface area contributed by atoms with E-state index in [4.69, 9.17) is 4.74 Å². The topological polar surface area (TPSA) is 21.3 Å². The van der Waals surface area contributed by atoms with Crippen LogP contribution in [0.3, 0.4) is 0 Å². The van der Waals surface area contributed by atoms with Gasteiger partial charge in [0.15, 0.2) is 0 Å². The molecule has 2 nitrogen and oxygen atoms in total. The quantitative estimate of drug-likeness (QED) is 0.712. The van der Waals surface area contributed by atoms with Gasteiger partial charge in [-0.05, 0) is 50.5 Å². The van der Waals surface area contributed by atoms with E-state index in [1.165, 1.54) is 33.5 Å². The van der Waals surface area contributed by atoms with Crippen molar-refractivity contribution in [3.8, 4) is 16.9 Å². The third-order valence-electron chi connectivity index (χ3n) is 4.99. The molecule has 0 bridgehead atoms. The van der Waals surface area contributed by atoms with Gasteiger partial charge in [0, 0.05) is 22.4 Å². The Kier molecular flexibility index (Phi) is 3.45. The van der Waals surface area contributed by atoms with Crippen molar-refractivity contribution in [2.75, 3.05) is 5.32 Å². The van der Waals surface area contributed by atoms with Crippen molar-refractivity contribution in [2.24, 2.45) is 0 Å². The summed E-state index contributed by atoms with van der Waals surface area (Å²) in [6, 6.07) is 12.9. The predicted octanol–water partition coefficient (Wildman–Crippen LogP) is 6.19. The second-order valence-electron chi connectivity index (χ2n) is 7.51. The van der Waals surface area contributed by atoms with Gasteiger partial charge in [-0.1, -0.05) is 43.7 Å². The molecular weight excluding hydrogens is 294 g/mol. The summed E-state index contributed by atoms with van der Waals surface area (Å²) < 4.78 is 6.41. The lowest BCUT2D eigenvalue weighted by Gasteiger charge is -2.37. The van der Waals surface area contributed by atoms with Crippen LogP contribution < -0.4 is 10.1 Å². The number of ether oxygens (including phenoxy) is 1. The molecule has 0 amide bonds. The number of rotatable bonds is 2. The fraction of sp³-hybridized carbons (Fsp3) is 0.364. The molecule has 1 atom stereocenters. The minimum Gasteiger partial charge on any atom is -0.485 e. The number of fused-ring (bicyclic) bond motifs is 5. The number of hydrogen-bond acceptors (Lipinski definition) is 2. The fourth-order valence-corrected chi connectivity index (χ4v) is 4.18. The molecule has 0 unspecified atom stereocenters. The highest BCUT2D eigenvalue weighted by molar-refractivity contribution is 5.89. The monoisotopic (exact) mass is 319 g/mol. The molecule has 0 saturated heterocycles. The van der Waals surface area contributed by atoms with Crippen LogP contribution in [-0.4, -0.2) is 5.54 Å². The Morgan fingerprint density at radius 1 is 1.08 bits per heavy atom. The summed E-state index contributed by atoms with van der Waals surface area (Å²) in [5.74, 6) is 1.01. The zero-order valence-electron chi connectivity index (χ0n) is 14.9. The van der Waals surface area contributed by atoms with Crippen LogP contribution in [-0.2, 0) is 0 Å². The number of allylic oxidation sites excluding steroid dienone is 1. The van der Waals surface area contributed by atoms with Crippen LogP contribution in [0, 0.1) is 0 Å². The summed E-state index contributed by atoms with van der Waals surface area (Å²) >= 11 is 0. The molecule has 2 heterocycles. The van der Waals surface area contributed by atoms with Crippen molar-refractivity contribution >= 4 is 11.3 Å². The molecule has 124 valence electrons. The van der Waals surface area contributed by atoms with Gasteiger partial charge in [-0.25, -0.2) is 0 Å². The van der Waals surface area contributed by atoms with Gasteiger partial charge in [-0.2, -0.15) is 0 Å². The van der Waals surface area contributed by atoms with E-state index >= 15 is 0 Å². The second-order valence-corrected chi connectivity index (χ2v) is 7.51. The summed E-state index contributed by atoms with van der Waals surface area (Å²) in [7, 11) is 0. The van der Waals surface area contributed by atoms with Crippen molar-refractivity contribution in [1.82, 2.24) is 0 Å². The van der Waals surface area contributed by atoms with Gasteiger partial charge in [-0.15, -0.1) is 0 Å². The zero-order valence-corrected chi connectivity index (χ0v) is 14.9. The molecule has 2 aliphatic heterocycles. The van der Waals surface area contributed by atoms with Crippen molar-refractivity contribution in [3.05, 3.63) is 53.6 Å². The molecule has 24 heavy (non-hydrogen) atoms. The SMILES string of the molecule is CCC[C@H]1Oc2ccccc2-c2ccc3c(c21)C(C)=CC(C)(C)N3. The Morgan fingerprint density at radius 2 is 1.88 bits per heavy atom. The van der Waals surface area contributed by atoms with Crippen molar-refractivity contribution < 1.29 is 4.74 Å². The highest BCUT2D eigenvalue weighted by Gasteiger charge is 2.32. The molecule has 0 aromatic heterocycles. The molecule has 0 spiro atoms. The first-order chi connectivity index (χ1) is 11.5. The summed E-state index contributed by atoms with van der Waals surface area (Å²) in [6.07, 6.45) is 4.60. The van der Waals surface area contributed by atoms with Crippen LogP contribution in [0.25, 0.3) is 16.7 Å². The van der Waals surface area contributed by atoms with Gasteiger partial charge in [0.25, 0.3) is 0 Å². The second kappa shape index (κ2) is 5.41. The van der Waals surface area contributed by atoms with Crippen LogP contribution in [0.5, 0.6) is 5.75 Å². The van der Waals surface area contributed by atoms with Crippen molar-refractivity contribution in [3.63, 3.8) is 0 Å². The Morgan fingerprint density at radius 3 is 2.67 bits per heavy atom. The molecular formula is C22H25NO. The van der Waals surface area contributed by atoms with E-state index in [0.29, 0.717) is 0 Å². The molecule has 4 rings (SSSR count). The van der Waals surface area contributed by atoms with E-state index in [2.05, 4.69) is 75.5 Å². The molecule has 0 saturated carbocycles. The number of anilines is 1. The van der Waals surface area contributed by atoms with E-state index in [1.54, 1.807) is 0 Å². The predicted molar refractivity (Wildman–Crippen MR) is 102 cm³/mol. The third kappa shape index (κ3) is 2.32. The van der Waals surface area contributed by atoms with Crippen LogP contribution in [0.15, 0.2) is 42.5 Å². The summed E-state index contributed by atoms with van der Waals surface area (Å²) in [4.78, 5) is 0. The average Bonchev–Trinajstić information content (AvgIpc) is 2.53. The molecule has 2 aliphatic rings. The van der Waals surface area contributed by atoms with E-state index in [0.717, 1.165) is 18.6 Å². The largest absolute Gasteiger partial charge is 0.485 e. The highest BCUT2D eigenvalue weighted by atomic mass is 16.5. The first kappa shape index (κ1) is 15.3. The standard InChI is InChI=1S/C22H25NO/c1-5-8-19-21-16(15-9-6-7-10-18(15)24-19)11-12-17-20(21)14(2)13-22(3,4)23-17/h6-7,9-13,19,23H,5,8H2,1-4H3/t19-/m1/s1. The lowest BCUT2D eigenvalue weighted by molar-refractivity contribution is 0.190. The molecule has 0 radical (unpaired) electrons. The summed E-state index contributed by atoms with van der Waals surface area (Å²) in [5, 5.41) is 3.67. The van der Waals surface area contributed by atoms with Gasteiger partial charge in [0.2, 0.25) is 0 Å². The molecule has 2 aromatic carbocycles. The van der Waals surface area contributed by atoms with E-state index in [1.807, 2.05) is 0 Å². The maximum absolute atomic E-state index is 6.41. The van der Waals surface area contributed by atoms with Gasteiger partial charge in [-0.3, -0.25) is 0 Å². The zero-order chi connectivity index (χ0) is 16.9. The Balaban J connectivity index is 1.98. The molecule has 0 aliphatic carbocycles. The van der Waals surface area contributed by atoms with Crippen LogP contribution in [0.1, 0.15) is 57.8 Å². The minimum absolute atomic E-state index is 0.0149.